The number of rotatable bonds is 2. The number of fused-ring (bicyclic) bond motifs is 2. The van der Waals surface area contributed by atoms with Gasteiger partial charge in [-0.3, -0.25) is 9.20 Å². The molecule has 0 amide bonds. The molecule has 1 saturated carbocycles. The largest absolute Gasteiger partial charge is 0.330 e. The Bertz CT molecular complexity index is 692. The predicted molar refractivity (Wildman–Crippen MR) is 83.8 cm³/mol. The Hall–Kier alpha value is -1.20. The van der Waals surface area contributed by atoms with E-state index in [2.05, 4.69) is 4.98 Å². The number of thiazole rings is 1. The summed E-state index contributed by atoms with van der Waals surface area (Å²) in [4.78, 5) is 19.1. The third kappa shape index (κ3) is 2.64. The predicted octanol–water partition coefficient (Wildman–Crippen LogP) is 1.35. The van der Waals surface area contributed by atoms with Crippen LogP contribution in [-0.4, -0.2) is 22.5 Å². The van der Waals surface area contributed by atoms with Gasteiger partial charge >= 0.3 is 0 Å². The molecule has 1 unspecified atom stereocenters. The maximum Gasteiger partial charge on any atom is 0.258 e. The molecule has 3 heterocycles. The summed E-state index contributed by atoms with van der Waals surface area (Å²) < 4.78 is 1.64. The van der Waals surface area contributed by atoms with Crippen LogP contribution in [0.2, 0.25) is 0 Å². The first-order chi connectivity index (χ1) is 10.3. The highest BCUT2D eigenvalue weighted by Crippen LogP contribution is 2.32. The van der Waals surface area contributed by atoms with E-state index in [1.54, 1.807) is 21.6 Å². The highest BCUT2D eigenvalue weighted by Gasteiger charge is 2.33. The lowest BCUT2D eigenvalue weighted by molar-refractivity contribution is -0.924. The van der Waals surface area contributed by atoms with Gasteiger partial charge in [0.05, 0.1) is 13.1 Å². The number of hydrogen-bond acceptors (Lipinski definition) is 3. The quantitative estimate of drug-likeness (QED) is 0.910. The fourth-order valence-corrected chi connectivity index (χ4v) is 4.93. The van der Waals surface area contributed by atoms with Crippen LogP contribution in [0.15, 0.2) is 22.4 Å². The van der Waals surface area contributed by atoms with Crippen molar-refractivity contribution in [1.29, 1.82) is 0 Å². The number of aromatic nitrogens is 2. The second-order valence-corrected chi connectivity index (χ2v) is 7.49. The normalized spacial score (nSPS) is 29.4. The maximum atomic E-state index is 12.1. The Morgan fingerprint density at radius 3 is 3.05 bits per heavy atom. The molecule has 5 heteroatoms. The smallest absolute Gasteiger partial charge is 0.258 e. The number of quaternary nitrogens is 1. The highest BCUT2D eigenvalue weighted by molar-refractivity contribution is 7.15. The van der Waals surface area contributed by atoms with Gasteiger partial charge in [0.25, 0.3) is 5.56 Å². The van der Waals surface area contributed by atoms with E-state index in [9.17, 15) is 4.79 Å². The molecule has 2 fully saturated rings. The van der Waals surface area contributed by atoms with Crippen LogP contribution in [0.1, 0.15) is 37.8 Å². The third-order valence-electron chi connectivity index (χ3n) is 5.27. The highest BCUT2D eigenvalue weighted by atomic mass is 32.1. The summed E-state index contributed by atoms with van der Waals surface area (Å²) in [5.41, 5.74) is 1.02. The van der Waals surface area contributed by atoms with Crippen molar-refractivity contribution in [2.75, 3.05) is 13.1 Å². The Labute approximate surface area is 128 Å². The van der Waals surface area contributed by atoms with Crippen molar-refractivity contribution in [3.05, 3.63) is 33.7 Å². The van der Waals surface area contributed by atoms with Gasteiger partial charge in [0, 0.05) is 23.6 Å². The van der Waals surface area contributed by atoms with Crippen molar-refractivity contribution in [2.24, 2.45) is 11.8 Å². The summed E-state index contributed by atoms with van der Waals surface area (Å²) in [7, 11) is 0. The summed E-state index contributed by atoms with van der Waals surface area (Å²) in [6.07, 6.45) is 8.87. The topological polar surface area (TPSA) is 38.8 Å². The second kappa shape index (κ2) is 5.54. The van der Waals surface area contributed by atoms with E-state index in [0.717, 1.165) is 29.0 Å². The molecule has 2 aromatic rings. The van der Waals surface area contributed by atoms with Gasteiger partial charge in [-0.15, -0.1) is 11.3 Å². The van der Waals surface area contributed by atoms with Crippen LogP contribution in [0.5, 0.6) is 0 Å². The van der Waals surface area contributed by atoms with Crippen molar-refractivity contribution in [2.45, 2.75) is 38.6 Å². The molecule has 0 bridgehead atoms. The zero-order valence-corrected chi connectivity index (χ0v) is 13.1. The average molecular weight is 304 g/mol. The van der Waals surface area contributed by atoms with Gasteiger partial charge in [-0.05, 0) is 25.2 Å². The van der Waals surface area contributed by atoms with Crippen molar-refractivity contribution in [3.63, 3.8) is 0 Å². The number of nitrogens with zero attached hydrogens (tertiary/aromatic N) is 2. The molecule has 1 N–H and O–H groups in total. The van der Waals surface area contributed by atoms with Gasteiger partial charge < -0.3 is 4.90 Å². The van der Waals surface area contributed by atoms with Crippen LogP contribution in [-0.2, 0) is 6.54 Å². The van der Waals surface area contributed by atoms with Crippen molar-refractivity contribution in [3.8, 4) is 0 Å². The van der Waals surface area contributed by atoms with Crippen molar-refractivity contribution < 1.29 is 4.90 Å². The first-order valence-electron chi connectivity index (χ1n) is 8.09. The molecule has 1 saturated heterocycles. The molecular weight excluding hydrogens is 282 g/mol. The van der Waals surface area contributed by atoms with Gasteiger partial charge in [0.1, 0.15) is 12.2 Å². The molecule has 0 spiro atoms. The summed E-state index contributed by atoms with van der Waals surface area (Å²) >= 11 is 1.54. The Morgan fingerprint density at radius 2 is 2.14 bits per heavy atom. The molecule has 4 nitrogen and oxygen atoms in total. The van der Waals surface area contributed by atoms with E-state index >= 15 is 0 Å². The molecule has 112 valence electrons. The van der Waals surface area contributed by atoms with Gasteiger partial charge in [-0.1, -0.05) is 12.8 Å². The molecular formula is C16H22N3OS+. The van der Waals surface area contributed by atoms with Crippen LogP contribution < -0.4 is 10.5 Å². The minimum Gasteiger partial charge on any atom is -0.330 e. The van der Waals surface area contributed by atoms with Crippen LogP contribution in [0.25, 0.3) is 4.96 Å². The fraction of sp³-hybridized carbons (Fsp3) is 0.625. The molecule has 0 radical (unpaired) electrons. The second-order valence-electron chi connectivity index (χ2n) is 6.62. The SMILES string of the molecule is O=c1cc(C[NH+]2CC[C@@H]3CCCC[C@@H]3C2)nc2sccn12. The molecule has 2 aliphatic rings. The lowest BCUT2D eigenvalue weighted by Gasteiger charge is -2.38. The van der Waals surface area contributed by atoms with E-state index in [1.165, 1.54) is 56.5 Å². The van der Waals surface area contributed by atoms with E-state index < -0.39 is 0 Å². The molecule has 0 aromatic carbocycles. The summed E-state index contributed by atoms with van der Waals surface area (Å²) in [5, 5.41) is 1.92. The lowest BCUT2D eigenvalue weighted by Crippen LogP contribution is -3.12. The number of nitrogens with one attached hydrogen (secondary N) is 1. The molecule has 1 aliphatic heterocycles. The maximum absolute atomic E-state index is 12.1. The third-order valence-corrected chi connectivity index (χ3v) is 6.03. The first-order valence-corrected chi connectivity index (χ1v) is 8.97. The van der Waals surface area contributed by atoms with Gasteiger partial charge in [-0.25, -0.2) is 4.98 Å². The van der Waals surface area contributed by atoms with Gasteiger partial charge in [0.2, 0.25) is 0 Å². The summed E-state index contributed by atoms with van der Waals surface area (Å²) in [5.74, 6) is 1.88. The Balaban J connectivity index is 1.50. The number of hydrogen-bond donors (Lipinski definition) is 1. The van der Waals surface area contributed by atoms with Crippen molar-refractivity contribution in [1.82, 2.24) is 9.38 Å². The Kier molecular flexibility index (Phi) is 3.55. The fourth-order valence-electron chi connectivity index (χ4n) is 4.19. The van der Waals surface area contributed by atoms with Crippen LogP contribution in [0, 0.1) is 11.8 Å². The van der Waals surface area contributed by atoms with Crippen LogP contribution in [0.4, 0.5) is 0 Å². The zero-order valence-electron chi connectivity index (χ0n) is 12.3. The molecule has 1 aliphatic carbocycles. The Morgan fingerprint density at radius 1 is 1.29 bits per heavy atom. The lowest BCUT2D eigenvalue weighted by atomic mass is 9.75. The van der Waals surface area contributed by atoms with Crippen LogP contribution >= 0.6 is 11.3 Å². The van der Waals surface area contributed by atoms with E-state index in [4.69, 9.17) is 0 Å². The van der Waals surface area contributed by atoms with Gasteiger partial charge in [0.15, 0.2) is 4.96 Å². The first kappa shape index (κ1) is 13.5. The monoisotopic (exact) mass is 304 g/mol. The zero-order chi connectivity index (χ0) is 14.2. The molecule has 21 heavy (non-hydrogen) atoms. The number of likely N-dealkylation sites (tertiary alicyclic amines) is 1. The summed E-state index contributed by atoms with van der Waals surface area (Å²) in [6.45, 7) is 3.43. The molecule has 2 aromatic heterocycles. The molecule has 4 rings (SSSR count). The van der Waals surface area contributed by atoms with Gasteiger partial charge in [-0.2, -0.15) is 0 Å². The van der Waals surface area contributed by atoms with Crippen LogP contribution in [0.3, 0.4) is 0 Å². The van der Waals surface area contributed by atoms with E-state index in [0.29, 0.717) is 0 Å². The molecule has 3 atom stereocenters. The summed E-state index contributed by atoms with van der Waals surface area (Å²) in [6, 6.07) is 1.72. The van der Waals surface area contributed by atoms with E-state index in [-0.39, 0.29) is 5.56 Å². The van der Waals surface area contributed by atoms with Crippen molar-refractivity contribution >= 4 is 16.3 Å². The minimum atomic E-state index is 0.0585. The van der Waals surface area contributed by atoms with E-state index in [1.807, 2.05) is 5.38 Å². The standard InChI is InChI=1S/C16H21N3OS/c20-15-9-14(17-16-19(15)7-8-21-16)11-18-6-5-12-3-1-2-4-13(12)10-18/h7-9,12-13H,1-6,10-11H2/p+1/t12-,13+/m0/s1. The minimum absolute atomic E-state index is 0.0585. The average Bonchev–Trinajstić information content (AvgIpc) is 2.96. The number of piperidine rings is 1.